The summed E-state index contributed by atoms with van der Waals surface area (Å²) in [5, 5.41) is 0. The van der Waals surface area contributed by atoms with E-state index in [9.17, 15) is 8.42 Å². The fourth-order valence-corrected chi connectivity index (χ4v) is 5.13. The Morgan fingerprint density at radius 1 is 1.05 bits per heavy atom. The molecule has 0 aromatic carbocycles. The third kappa shape index (κ3) is 3.92. The van der Waals surface area contributed by atoms with Crippen molar-refractivity contribution < 1.29 is 8.42 Å². The van der Waals surface area contributed by atoms with E-state index >= 15 is 0 Å². The highest BCUT2D eigenvalue weighted by Crippen LogP contribution is 2.19. The van der Waals surface area contributed by atoms with Gasteiger partial charge < -0.3 is 5.73 Å². The number of hydrogen-bond donors (Lipinski definition) is 1. The van der Waals surface area contributed by atoms with Gasteiger partial charge in [0.1, 0.15) is 0 Å². The Hall–Kier alpha value is -0.280. The Kier molecular flexibility index (Phi) is 5.96. The van der Waals surface area contributed by atoms with E-state index in [0.717, 1.165) is 25.7 Å². The summed E-state index contributed by atoms with van der Waals surface area (Å²) < 4.78 is 28.5. The van der Waals surface area contributed by atoms with Crippen LogP contribution in [-0.2, 0) is 10.2 Å². The smallest absolute Gasteiger partial charge is 0.282 e. The topological polar surface area (TPSA) is 69.9 Å². The van der Waals surface area contributed by atoms with Crippen LogP contribution in [0.5, 0.6) is 0 Å². The summed E-state index contributed by atoms with van der Waals surface area (Å²) in [5.41, 5.74) is 5.77. The second kappa shape index (κ2) is 7.32. The van der Waals surface area contributed by atoms with Crippen molar-refractivity contribution in [1.29, 1.82) is 0 Å². The van der Waals surface area contributed by atoms with Crippen molar-refractivity contribution in [2.45, 2.75) is 38.6 Å². The van der Waals surface area contributed by atoms with Crippen LogP contribution in [0.4, 0.5) is 0 Å². The van der Waals surface area contributed by atoms with E-state index in [4.69, 9.17) is 18.0 Å². The Balaban J connectivity index is 1.95. The second-order valence-electron chi connectivity index (χ2n) is 5.73. The number of piperazine rings is 1. The zero-order valence-electron chi connectivity index (χ0n) is 12.7. The highest BCUT2D eigenvalue weighted by Gasteiger charge is 2.34. The molecule has 2 aliphatic rings. The van der Waals surface area contributed by atoms with Gasteiger partial charge in [-0.3, -0.25) is 4.90 Å². The standard InChI is InChI=1S/C13H26N4O2S2/c1-2-12(13(14)20)15-8-10-17(11-9-15)21(18,19)16-6-4-3-5-7-16/h12H,2-11H2,1H3,(H2,14,20). The van der Waals surface area contributed by atoms with Crippen LogP contribution in [0.3, 0.4) is 0 Å². The van der Waals surface area contributed by atoms with Crippen molar-refractivity contribution in [2.75, 3.05) is 39.3 Å². The predicted molar refractivity (Wildman–Crippen MR) is 88.4 cm³/mol. The maximum absolute atomic E-state index is 12.6. The third-order valence-electron chi connectivity index (χ3n) is 4.40. The molecule has 0 saturated carbocycles. The molecular formula is C13H26N4O2S2. The first-order chi connectivity index (χ1) is 9.96. The third-order valence-corrected chi connectivity index (χ3v) is 6.70. The number of nitrogens with zero attached hydrogens (tertiary/aromatic N) is 3. The van der Waals surface area contributed by atoms with Gasteiger partial charge in [0.05, 0.1) is 11.0 Å². The van der Waals surface area contributed by atoms with Crippen LogP contribution in [0.25, 0.3) is 0 Å². The number of thiocarbonyl (C=S) groups is 1. The molecule has 0 aromatic rings. The average molecular weight is 335 g/mol. The lowest BCUT2D eigenvalue weighted by atomic mass is 10.1. The molecular weight excluding hydrogens is 308 g/mol. The molecule has 2 N–H and O–H groups in total. The highest BCUT2D eigenvalue weighted by molar-refractivity contribution is 7.86. The van der Waals surface area contributed by atoms with Crippen molar-refractivity contribution >= 4 is 27.4 Å². The van der Waals surface area contributed by atoms with Crippen LogP contribution in [0.1, 0.15) is 32.6 Å². The number of nitrogens with two attached hydrogens (primary N) is 1. The first-order valence-corrected chi connectivity index (χ1v) is 9.56. The summed E-state index contributed by atoms with van der Waals surface area (Å²) in [4.78, 5) is 2.70. The van der Waals surface area contributed by atoms with Gasteiger partial charge in [0.2, 0.25) is 0 Å². The normalized spacial score (nSPS) is 24.8. The molecule has 2 fully saturated rings. The van der Waals surface area contributed by atoms with Gasteiger partial charge in [0.15, 0.2) is 0 Å². The number of rotatable bonds is 5. The van der Waals surface area contributed by atoms with Crippen molar-refractivity contribution in [3.8, 4) is 0 Å². The van der Waals surface area contributed by atoms with Crippen LogP contribution in [0.15, 0.2) is 0 Å². The van der Waals surface area contributed by atoms with E-state index in [2.05, 4.69) is 11.8 Å². The Labute approximate surface area is 133 Å². The average Bonchev–Trinajstić information content (AvgIpc) is 2.49. The van der Waals surface area contributed by atoms with E-state index in [0.29, 0.717) is 44.3 Å². The van der Waals surface area contributed by atoms with Crippen molar-refractivity contribution in [3.05, 3.63) is 0 Å². The summed E-state index contributed by atoms with van der Waals surface area (Å²) >= 11 is 5.10. The van der Waals surface area contributed by atoms with Gasteiger partial charge in [-0.05, 0) is 19.3 Å². The van der Waals surface area contributed by atoms with Gasteiger partial charge in [0.25, 0.3) is 10.2 Å². The summed E-state index contributed by atoms with van der Waals surface area (Å²) in [5.74, 6) is 0. The molecule has 0 aliphatic carbocycles. The Bertz CT molecular complexity index is 455. The molecule has 0 aromatic heterocycles. The maximum Gasteiger partial charge on any atom is 0.282 e. The Morgan fingerprint density at radius 3 is 2.05 bits per heavy atom. The van der Waals surface area contributed by atoms with Gasteiger partial charge in [-0.25, -0.2) is 0 Å². The first-order valence-electron chi connectivity index (χ1n) is 7.75. The fraction of sp³-hybridized carbons (Fsp3) is 0.923. The molecule has 1 unspecified atom stereocenters. The van der Waals surface area contributed by atoms with Crippen LogP contribution in [-0.4, -0.2) is 72.2 Å². The van der Waals surface area contributed by atoms with Gasteiger partial charge >= 0.3 is 0 Å². The summed E-state index contributed by atoms with van der Waals surface area (Å²) in [6.45, 7) is 5.82. The molecule has 122 valence electrons. The van der Waals surface area contributed by atoms with E-state index < -0.39 is 10.2 Å². The summed E-state index contributed by atoms with van der Waals surface area (Å²) in [7, 11) is -3.29. The molecule has 0 amide bonds. The van der Waals surface area contributed by atoms with Crippen molar-refractivity contribution in [1.82, 2.24) is 13.5 Å². The molecule has 2 aliphatic heterocycles. The largest absolute Gasteiger partial charge is 0.392 e. The summed E-state index contributed by atoms with van der Waals surface area (Å²) in [6, 6.07) is 0.0832. The van der Waals surface area contributed by atoms with E-state index in [1.54, 1.807) is 8.61 Å². The predicted octanol–water partition coefficient (Wildman–Crippen LogP) is 0.399. The lowest BCUT2D eigenvalue weighted by molar-refractivity contribution is 0.158. The number of piperidine rings is 1. The van der Waals surface area contributed by atoms with E-state index in [1.807, 2.05) is 0 Å². The molecule has 0 spiro atoms. The maximum atomic E-state index is 12.6. The van der Waals surface area contributed by atoms with E-state index in [1.165, 1.54) is 0 Å². The zero-order chi connectivity index (χ0) is 15.5. The lowest BCUT2D eigenvalue weighted by Gasteiger charge is -2.40. The van der Waals surface area contributed by atoms with Crippen LogP contribution >= 0.6 is 12.2 Å². The van der Waals surface area contributed by atoms with Crippen LogP contribution in [0, 0.1) is 0 Å². The highest BCUT2D eigenvalue weighted by atomic mass is 32.2. The quantitative estimate of drug-likeness (QED) is 0.737. The fourth-order valence-electron chi connectivity index (χ4n) is 3.14. The molecule has 2 rings (SSSR count). The number of hydrogen-bond acceptors (Lipinski definition) is 4. The van der Waals surface area contributed by atoms with Crippen LogP contribution < -0.4 is 5.73 Å². The van der Waals surface area contributed by atoms with Crippen LogP contribution in [0.2, 0.25) is 0 Å². The zero-order valence-corrected chi connectivity index (χ0v) is 14.3. The Morgan fingerprint density at radius 2 is 1.57 bits per heavy atom. The SMILES string of the molecule is CCC(C(N)=S)N1CCN(S(=O)(=O)N2CCCCC2)CC1. The van der Waals surface area contributed by atoms with Gasteiger partial charge in [-0.2, -0.15) is 17.0 Å². The van der Waals surface area contributed by atoms with E-state index in [-0.39, 0.29) is 6.04 Å². The van der Waals surface area contributed by atoms with Gasteiger partial charge in [0, 0.05) is 39.3 Å². The molecule has 1 atom stereocenters. The first kappa shape index (κ1) is 17.1. The molecule has 8 heteroatoms. The van der Waals surface area contributed by atoms with Gasteiger partial charge in [-0.1, -0.05) is 25.6 Å². The lowest BCUT2D eigenvalue weighted by Crippen LogP contribution is -2.57. The minimum Gasteiger partial charge on any atom is -0.392 e. The molecule has 0 bridgehead atoms. The molecule has 6 nitrogen and oxygen atoms in total. The minimum absolute atomic E-state index is 0.0832. The second-order valence-corrected chi connectivity index (χ2v) is 8.13. The monoisotopic (exact) mass is 334 g/mol. The summed E-state index contributed by atoms with van der Waals surface area (Å²) in [6.07, 6.45) is 3.94. The van der Waals surface area contributed by atoms with Gasteiger partial charge in [-0.15, -0.1) is 0 Å². The minimum atomic E-state index is -3.29. The van der Waals surface area contributed by atoms with Crippen molar-refractivity contribution in [3.63, 3.8) is 0 Å². The van der Waals surface area contributed by atoms with Crippen molar-refractivity contribution in [2.24, 2.45) is 5.73 Å². The molecule has 2 heterocycles. The molecule has 21 heavy (non-hydrogen) atoms. The molecule has 2 saturated heterocycles. The molecule has 0 radical (unpaired) electrons.